The van der Waals surface area contributed by atoms with E-state index < -0.39 is 5.97 Å². The summed E-state index contributed by atoms with van der Waals surface area (Å²) in [5.74, 6) is 1.43. The molecule has 1 heterocycles. The van der Waals surface area contributed by atoms with Crippen LogP contribution in [0.4, 0.5) is 11.5 Å². The predicted octanol–water partition coefficient (Wildman–Crippen LogP) is -0.522. The van der Waals surface area contributed by atoms with Crippen molar-refractivity contribution in [1.82, 2.24) is 9.97 Å². The summed E-state index contributed by atoms with van der Waals surface area (Å²) >= 11 is 0. The number of benzene rings is 2. The number of ether oxygens (including phenoxy) is 3. The summed E-state index contributed by atoms with van der Waals surface area (Å²) in [5, 5.41) is 1.85. The molecule has 0 radical (unpaired) electrons. The number of halogens is 1. The van der Waals surface area contributed by atoms with Crippen LogP contribution in [0.1, 0.15) is 10.4 Å². The van der Waals surface area contributed by atoms with Crippen LogP contribution in [-0.4, -0.2) is 37.3 Å². The number of aromatic nitrogens is 2. The number of quaternary nitrogens is 1. The molecule has 0 aliphatic heterocycles. The van der Waals surface area contributed by atoms with Crippen LogP contribution in [0.2, 0.25) is 0 Å². The molecular formula is C20H20ClN3O4. The predicted molar refractivity (Wildman–Crippen MR) is 99.6 cm³/mol. The molecule has 146 valence electrons. The van der Waals surface area contributed by atoms with Gasteiger partial charge in [0.25, 0.3) is 0 Å². The largest absolute Gasteiger partial charge is 1.00 e. The molecule has 0 aliphatic carbocycles. The van der Waals surface area contributed by atoms with Crippen LogP contribution in [0.5, 0.6) is 11.5 Å². The van der Waals surface area contributed by atoms with E-state index in [2.05, 4.69) is 9.97 Å². The highest BCUT2D eigenvalue weighted by atomic mass is 35.5. The van der Waals surface area contributed by atoms with Crippen LogP contribution in [0.3, 0.4) is 0 Å². The van der Waals surface area contributed by atoms with Gasteiger partial charge in [0.05, 0.1) is 27.0 Å². The van der Waals surface area contributed by atoms with Gasteiger partial charge in [-0.25, -0.2) is 9.78 Å². The summed E-state index contributed by atoms with van der Waals surface area (Å²) in [6, 6.07) is 14.8. The molecule has 0 amide bonds. The van der Waals surface area contributed by atoms with Gasteiger partial charge < -0.3 is 26.6 Å². The lowest BCUT2D eigenvalue weighted by Crippen LogP contribution is -3.00. The van der Waals surface area contributed by atoms with Gasteiger partial charge >= 0.3 is 5.97 Å². The van der Waals surface area contributed by atoms with E-state index in [0.29, 0.717) is 17.1 Å². The first kappa shape index (κ1) is 21.1. The van der Waals surface area contributed by atoms with Crippen LogP contribution in [0.25, 0.3) is 11.3 Å². The van der Waals surface area contributed by atoms with E-state index in [4.69, 9.17) is 14.2 Å². The summed E-state index contributed by atoms with van der Waals surface area (Å²) in [7, 11) is 4.47. The third kappa shape index (κ3) is 4.57. The van der Waals surface area contributed by atoms with Crippen LogP contribution < -0.4 is 27.2 Å². The van der Waals surface area contributed by atoms with Crippen molar-refractivity contribution < 1.29 is 36.7 Å². The maximum absolute atomic E-state index is 12.0. The van der Waals surface area contributed by atoms with E-state index in [-0.39, 0.29) is 12.4 Å². The molecule has 2 N–H and O–H groups in total. The molecule has 1 aromatic heterocycles. The number of nitrogens with two attached hydrogens (primary N) is 1. The highest BCUT2D eigenvalue weighted by Crippen LogP contribution is 2.28. The van der Waals surface area contributed by atoms with E-state index in [1.807, 2.05) is 41.7 Å². The lowest BCUT2D eigenvalue weighted by Gasteiger charge is -2.09. The number of nitrogens with zero attached hydrogens (tertiary/aromatic N) is 2. The zero-order valence-electron chi connectivity index (χ0n) is 15.7. The van der Waals surface area contributed by atoms with Gasteiger partial charge in [0, 0.05) is 23.8 Å². The molecular weight excluding hydrogens is 382 g/mol. The summed E-state index contributed by atoms with van der Waals surface area (Å²) in [6.07, 6.45) is 1.50. The van der Waals surface area contributed by atoms with Crippen molar-refractivity contribution in [2.75, 3.05) is 21.3 Å². The Balaban J connectivity index is 0.00000280. The second-order valence-electron chi connectivity index (χ2n) is 5.62. The molecule has 0 bridgehead atoms. The lowest BCUT2D eigenvalue weighted by molar-refractivity contribution is -0.483. The van der Waals surface area contributed by atoms with Crippen molar-refractivity contribution in [3.63, 3.8) is 0 Å². The molecule has 3 aromatic rings. The van der Waals surface area contributed by atoms with E-state index in [1.54, 1.807) is 19.2 Å². The SMILES string of the molecule is COC(=O)c1cc([NH2+]c2cc(-c3ccccc3OC)ncn2)ccc1OC.[Cl-]. The van der Waals surface area contributed by atoms with Gasteiger partial charge in [0.1, 0.15) is 29.1 Å². The van der Waals surface area contributed by atoms with Gasteiger partial charge in [0.2, 0.25) is 5.82 Å². The molecule has 0 saturated heterocycles. The number of hydrogen-bond acceptors (Lipinski definition) is 6. The smallest absolute Gasteiger partial charge is 0.341 e. The van der Waals surface area contributed by atoms with Crippen LogP contribution in [0.15, 0.2) is 54.9 Å². The Morgan fingerprint density at radius 2 is 1.68 bits per heavy atom. The first-order valence-electron chi connectivity index (χ1n) is 8.22. The van der Waals surface area contributed by atoms with Crippen LogP contribution in [-0.2, 0) is 4.74 Å². The van der Waals surface area contributed by atoms with Crippen molar-refractivity contribution in [2.45, 2.75) is 0 Å². The Morgan fingerprint density at radius 1 is 0.929 bits per heavy atom. The Hall–Kier alpha value is -3.16. The number of hydrogen-bond donors (Lipinski definition) is 1. The van der Waals surface area contributed by atoms with Crippen molar-refractivity contribution in [2.24, 2.45) is 0 Å². The molecule has 28 heavy (non-hydrogen) atoms. The highest BCUT2D eigenvalue weighted by molar-refractivity contribution is 5.93. The first-order chi connectivity index (χ1) is 13.2. The number of rotatable bonds is 6. The maximum Gasteiger partial charge on any atom is 0.341 e. The van der Waals surface area contributed by atoms with Gasteiger partial charge in [-0.05, 0) is 18.2 Å². The third-order valence-electron chi connectivity index (χ3n) is 4.01. The zero-order chi connectivity index (χ0) is 19.2. The molecule has 0 unspecified atom stereocenters. The minimum absolute atomic E-state index is 0. The van der Waals surface area contributed by atoms with Gasteiger partial charge in [-0.2, -0.15) is 4.98 Å². The third-order valence-corrected chi connectivity index (χ3v) is 4.01. The Kier molecular flexibility index (Phi) is 7.31. The van der Waals surface area contributed by atoms with Crippen molar-refractivity contribution in [3.8, 4) is 22.8 Å². The first-order valence-corrected chi connectivity index (χ1v) is 8.22. The minimum atomic E-state index is -0.459. The summed E-state index contributed by atoms with van der Waals surface area (Å²) in [5.41, 5.74) is 2.77. The molecule has 0 fully saturated rings. The Labute approximate surface area is 169 Å². The van der Waals surface area contributed by atoms with Crippen LogP contribution in [0, 0.1) is 0 Å². The zero-order valence-corrected chi connectivity index (χ0v) is 16.4. The molecule has 7 nitrogen and oxygen atoms in total. The van der Waals surface area contributed by atoms with E-state index >= 15 is 0 Å². The molecule has 2 aromatic carbocycles. The quantitative estimate of drug-likeness (QED) is 0.442. The Morgan fingerprint density at radius 3 is 2.39 bits per heavy atom. The lowest BCUT2D eigenvalue weighted by atomic mass is 10.1. The molecule has 0 spiro atoms. The van der Waals surface area contributed by atoms with E-state index in [1.165, 1.54) is 20.5 Å². The molecule has 0 aliphatic rings. The number of methoxy groups -OCH3 is 3. The summed E-state index contributed by atoms with van der Waals surface area (Å²) in [4.78, 5) is 20.6. The maximum atomic E-state index is 12.0. The van der Waals surface area contributed by atoms with E-state index in [9.17, 15) is 4.79 Å². The average Bonchev–Trinajstić information content (AvgIpc) is 2.73. The molecule has 0 saturated carbocycles. The van der Waals surface area contributed by atoms with Gasteiger partial charge in [-0.3, -0.25) is 5.32 Å². The second-order valence-corrected chi connectivity index (χ2v) is 5.62. The van der Waals surface area contributed by atoms with Crippen LogP contribution >= 0.6 is 0 Å². The number of esters is 1. The number of carbonyl (C=O) groups is 1. The highest BCUT2D eigenvalue weighted by Gasteiger charge is 2.16. The van der Waals surface area contributed by atoms with Gasteiger partial charge in [-0.15, -0.1) is 0 Å². The fourth-order valence-electron chi connectivity index (χ4n) is 2.71. The normalized spacial score (nSPS) is 9.96. The molecule has 3 rings (SSSR count). The topological polar surface area (TPSA) is 87.2 Å². The Bertz CT molecular complexity index is 966. The van der Waals surface area contributed by atoms with Gasteiger partial charge in [-0.1, -0.05) is 12.1 Å². The fraction of sp³-hybridized carbons (Fsp3) is 0.150. The number of para-hydroxylation sites is 1. The second kappa shape index (κ2) is 9.68. The van der Waals surface area contributed by atoms with Crippen molar-refractivity contribution >= 4 is 17.5 Å². The number of carbonyl (C=O) groups excluding carboxylic acids is 1. The van der Waals surface area contributed by atoms with E-state index in [0.717, 1.165) is 22.7 Å². The minimum Gasteiger partial charge on any atom is -1.00 e. The molecule has 8 heteroatoms. The van der Waals surface area contributed by atoms with Crippen molar-refractivity contribution in [1.29, 1.82) is 0 Å². The fourth-order valence-corrected chi connectivity index (χ4v) is 2.71. The molecule has 0 atom stereocenters. The standard InChI is InChI=1S/C20H19N3O4.ClH/c1-25-17-7-5-4-6-14(17)16-11-19(22-12-21-16)23-13-8-9-18(26-2)15(10-13)20(24)27-3;/h4-12H,1-3H3,(H,21,22,23);1H. The summed E-state index contributed by atoms with van der Waals surface area (Å²) in [6.45, 7) is 0. The van der Waals surface area contributed by atoms with Gasteiger partial charge in [0.15, 0.2) is 0 Å². The summed E-state index contributed by atoms with van der Waals surface area (Å²) < 4.78 is 15.4. The monoisotopic (exact) mass is 401 g/mol. The van der Waals surface area contributed by atoms with Crippen molar-refractivity contribution in [3.05, 3.63) is 60.4 Å². The average molecular weight is 402 g/mol.